The van der Waals surface area contributed by atoms with E-state index in [9.17, 15) is 4.79 Å². The van der Waals surface area contributed by atoms with Crippen molar-refractivity contribution in [2.24, 2.45) is 5.73 Å². The van der Waals surface area contributed by atoms with Crippen molar-refractivity contribution in [3.8, 4) is 0 Å². The van der Waals surface area contributed by atoms with Gasteiger partial charge in [-0.1, -0.05) is 5.21 Å². The number of hydrogen-bond acceptors (Lipinski definition) is 5. The molecule has 0 bridgehead atoms. The molecule has 0 radical (unpaired) electrons. The summed E-state index contributed by atoms with van der Waals surface area (Å²) in [5.41, 5.74) is 5.89. The Hall–Kier alpha value is -1.47. The van der Waals surface area contributed by atoms with Crippen LogP contribution in [-0.2, 0) is 17.8 Å². The molecule has 0 saturated carbocycles. The lowest BCUT2D eigenvalue weighted by Crippen LogP contribution is -2.32. The molecule has 1 unspecified atom stereocenters. The fourth-order valence-electron chi connectivity index (χ4n) is 1.09. The van der Waals surface area contributed by atoms with Gasteiger partial charge in [-0.05, 0) is 6.42 Å². The molecule has 7 nitrogen and oxygen atoms in total. The zero-order valence-electron chi connectivity index (χ0n) is 8.20. The van der Waals surface area contributed by atoms with Crippen LogP contribution >= 0.6 is 0 Å². The summed E-state index contributed by atoms with van der Waals surface area (Å²) in [6, 6.07) is -0.951. The zero-order valence-corrected chi connectivity index (χ0v) is 8.20. The highest BCUT2D eigenvalue weighted by atomic mass is 16.4. The Labute approximate surface area is 86.5 Å². The Morgan fingerprint density at radius 1 is 1.67 bits per heavy atom. The van der Waals surface area contributed by atoms with E-state index in [2.05, 4.69) is 10.3 Å². The van der Waals surface area contributed by atoms with Crippen LogP contribution in [0.15, 0.2) is 6.20 Å². The van der Waals surface area contributed by atoms with Crippen molar-refractivity contribution in [3.63, 3.8) is 0 Å². The topological polar surface area (TPSA) is 114 Å². The lowest BCUT2D eigenvalue weighted by molar-refractivity contribution is -0.138. The number of nitrogens with zero attached hydrogens (tertiary/aromatic N) is 3. The molecule has 84 valence electrons. The SMILES string of the molecule is NC(Cc1cn(CCCO)nn1)C(=O)O. The molecule has 4 N–H and O–H groups in total. The third-order valence-electron chi connectivity index (χ3n) is 1.88. The fraction of sp³-hybridized carbons (Fsp3) is 0.625. The summed E-state index contributed by atoms with van der Waals surface area (Å²) in [4.78, 5) is 10.5. The molecule has 1 aromatic heterocycles. The van der Waals surface area contributed by atoms with Crippen LogP contribution in [0, 0.1) is 0 Å². The predicted octanol–water partition coefficient (Wildman–Crippen LogP) is -1.39. The van der Waals surface area contributed by atoms with Gasteiger partial charge >= 0.3 is 5.97 Å². The van der Waals surface area contributed by atoms with E-state index in [0.29, 0.717) is 18.7 Å². The summed E-state index contributed by atoms with van der Waals surface area (Å²) in [6.45, 7) is 0.648. The van der Waals surface area contributed by atoms with Gasteiger partial charge in [0.25, 0.3) is 0 Å². The normalized spacial score (nSPS) is 12.7. The average Bonchev–Trinajstić information content (AvgIpc) is 2.62. The molecular weight excluding hydrogens is 200 g/mol. The van der Waals surface area contributed by atoms with Crippen LogP contribution in [0.5, 0.6) is 0 Å². The lowest BCUT2D eigenvalue weighted by Gasteiger charge is -2.01. The smallest absolute Gasteiger partial charge is 0.320 e. The number of aliphatic carboxylic acids is 1. The van der Waals surface area contributed by atoms with Crippen LogP contribution < -0.4 is 5.73 Å². The first-order valence-corrected chi connectivity index (χ1v) is 4.61. The van der Waals surface area contributed by atoms with Gasteiger partial charge in [-0.15, -0.1) is 5.10 Å². The number of aliphatic hydroxyl groups excluding tert-OH is 1. The van der Waals surface area contributed by atoms with E-state index in [1.807, 2.05) is 0 Å². The second kappa shape index (κ2) is 5.42. The Morgan fingerprint density at radius 2 is 2.40 bits per heavy atom. The number of aryl methyl sites for hydroxylation is 1. The Morgan fingerprint density at radius 3 is 3.00 bits per heavy atom. The number of carboxylic acid groups (broad SMARTS) is 1. The minimum Gasteiger partial charge on any atom is -0.480 e. The molecule has 7 heteroatoms. The van der Waals surface area contributed by atoms with Crippen molar-refractivity contribution >= 4 is 5.97 Å². The molecule has 0 aliphatic carbocycles. The lowest BCUT2D eigenvalue weighted by atomic mass is 10.2. The second-order valence-electron chi connectivity index (χ2n) is 3.20. The van der Waals surface area contributed by atoms with Crippen molar-refractivity contribution in [2.75, 3.05) is 6.61 Å². The summed E-state index contributed by atoms with van der Waals surface area (Å²) in [6.07, 6.45) is 2.39. The van der Waals surface area contributed by atoms with Gasteiger partial charge in [0.1, 0.15) is 6.04 Å². The minimum absolute atomic E-state index is 0.0871. The average molecular weight is 214 g/mol. The molecule has 0 aliphatic heterocycles. The third-order valence-corrected chi connectivity index (χ3v) is 1.88. The highest BCUT2D eigenvalue weighted by Gasteiger charge is 2.14. The molecule has 15 heavy (non-hydrogen) atoms. The van der Waals surface area contributed by atoms with Gasteiger partial charge in [0, 0.05) is 25.8 Å². The molecule has 1 heterocycles. The maximum absolute atomic E-state index is 10.5. The van der Waals surface area contributed by atoms with E-state index in [0.717, 1.165) is 0 Å². The van der Waals surface area contributed by atoms with Crippen LogP contribution in [0.25, 0.3) is 0 Å². The molecule has 1 atom stereocenters. The van der Waals surface area contributed by atoms with E-state index in [4.69, 9.17) is 15.9 Å². The zero-order chi connectivity index (χ0) is 11.3. The van der Waals surface area contributed by atoms with Crippen molar-refractivity contribution in [1.29, 1.82) is 0 Å². The van der Waals surface area contributed by atoms with Crippen LogP contribution in [-0.4, -0.2) is 43.8 Å². The number of carbonyl (C=O) groups is 1. The van der Waals surface area contributed by atoms with Gasteiger partial charge < -0.3 is 15.9 Å². The standard InChI is InChI=1S/C8H14N4O3/c9-7(8(14)15)4-6-5-12(11-10-6)2-1-3-13/h5,7,13H,1-4,9H2,(H,14,15). The molecule has 0 amide bonds. The van der Waals surface area contributed by atoms with Gasteiger partial charge in [-0.2, -0.15) is 0 Å². The third kappa shape index (κ3) is 3.64. The van der Waals surface area contributed by atoms with E-state index in [1.165, 1.54) is 0 Å². The number of hydrogen-bond donors (Lipinski definition) is 3. The monoisotopic (exact) mass is 214 g/mol. The van der Waals surface area contributed by atoms with E-state index >= 15 is 0 Å². The largest absolute Gasteiger partial charge is 0.480 e. The maximum atomic E-state index is 10.5. The van der Waals surface area contributed by atoms with Crippen LogP contribution in [0.2, 0.25) is 0 Å². The molecule has 0 aliphatic rings. The number of rotatable bonds is 6. The van der Waals surface area contributed by atoms with Crippen LogP contribution in [0.4, 0.5) is 0 Å². The number of nitrogens with two attached hydrogens (primary N) is 1. The summed E-state index contributed by atoms with van der Waals surface area (Å²) in [5, 5.41) is 24.7. The Bertz CT molecular complexity index is 325. The Balaban J connectivity index is 2.49. The Kier molecular flexibility index (Phi) is 4.19. The molecule has 1 aromatic rings. The first-order valence-electron chi connectivity index (χ1n) is 4.61. The quantitative estimate of drug-likeness (QED) is 0.537. The first-order chi connectivity index (χ1) is 7.13. The first kappa shape index (κ1) is 11.6. The van der Waals surface area contributed by atoms with Gasteiger partial charge in [-0.3, -0.25) is 9.48 Å². The van der Waals surface area contributed by atoms with E-state index in [1.54, 1.807) is 10.9 Å². The molecule has 0 aromatic carbocycles. The predicted molar refractivity (Wildman–Crippen MR) is 51.0 cm³/mol. The van der Waals surface area contributed by atoms with Crippen LogP contribution in [0.1, 0.15) is 12.1 Å². The van der Waals surface area contributed by atoms with Gasteiger partial charge in [0.05, 0.1) is 5.69 Å². The summed E-state index contributed by atoms with van der Waals surface area (Å²) in [7, 11) is 0. The van der Waals surface area contributed by atoms with E-state index in [-0.39, 0.29) is 13.0 Å². The molecule has 0 fully saturated rings. The molecule has 0 spiro atoms. The highest BCUT2D eigenvalue weighted by molar-refractivity contribution is 5.73. The van der Waals surface area contributed by atoms with Crippen LogP contribution in [0.3, 0.4) is 0 Å². The molecule has 1 rings (SSSR count). The second-order valence-corrected chi connectivity index (χ2v) is 3.20. The number of carboxylic acids is 1. The van der Waals surface area contributed by atoms with Gasteiger partial charge in [-0.25, -0.2) is 0 Å². The van der Waals surface area contributed by atoms with Gasteiger partial charge in [0.2, 0.25) is 0 Å². The van der Waals surface area contributed by atoms with Crippen molar-refractivity contribution in [1.82, 2.24) is 15.0 Å². The minimum atomic E-state index is -1.06. The number of aromatic nitrogens is 3. The molecule has 0 saturated heterocycles. The molecular formula is C8H14N4O3. The van der Waals surface area contributed by atoms with Crippen molar-refractivity contribution in [3.05, 3.63) is 11.9 Å². The van der Waals surface area contributed by atoms with E-state index < -0.39 is 12.0 Å². The summed E-state index contributed by atoms with van der Waals surface area (Å²) in [5.74, 6) is -1.06. The van der Waals surface area contributed by atoms with Gasteiger partial charge in [0.15, 0.2) is 0 Å². The number of aliphatic hydroxyl groups is 1. The summed E-state index contributed by atoms with van der Waals surface area (Å²) < 4.78 is 1.56. The fourth-order valence-corrected chi connectivity index (χ4v) is 1.09. The highest BCUT2D eigenvalue weighted by Crippen LogP contribution is 1.98. The van der Waals surface area contributed by atoms with Crippen molar-refractivity contribution < 1.29 is 15.0 Å². The summed E-state index contributed by atoms with van der Waals surface area (Å²) >= 11 is 0. The van der Waals surface area contributed by atoms with Crippen molar-refractivity contribution in [2.45, 2.75) is 25.4 Å². The maximum Gasteiger partial charge on any atom is 0.320 e.